The van der Waals surface area contributed by atoms with Crippen molar-refractivity contribution >= 4 is 49.9 Å². The molecule has 2 aromatic rings. The molecule has 0 bridgehead atoms. The Hall–Kier alpha value is -1.57. The third-order valence-electron chi connectivity index (χ3n) is 4.85. The van der Waals surface area contributed by atoms with Crippen molar-refractivity contribution in [3.05, 3.63) is 51.4 Å². The topological polar surface area (TPSA) is 73.5 Å². The summed E-state index contributed by atoms with van der Waals surface area (Å²) in [6, 6.07) is 6.25. The van der Waals surface area contributed by atoms with Crippen LogP contribution in [0.15, 0.2) is 30.3 Å². The molecule has 1 aliphatic heterocycles. The van der Waals surface area contributed by atoms with Crippen LogP contribution in [-0.2, 0) is 10.2 Å². The Bertz CT molecular complexity index is 1040. The summed E-state index contributed by atoms with van der Waals surface area (Å²) in [5.41, 5.74) is -0.731. The fourth-order valence-corrected chi connectivity index (χ4v) is 5.18. The minimum Gasteiger partial charge on any atom is -0.351 e. The predicted octanol–water partition coefficient (Wildman–Crippen LogP) is 4.57. The molecular weight excluding hydrogens is 544 g/mol. The highest BCUT2D eigenvalue weighted by molar-refractivity contribution is 14.1. The maximum atomic E-state index is 14.6. The molecular formula is C20H24F3IN4O2S. The molecule has 0 atom stereocenters. The van der Waals surface area contributed by atoms with Gasteiger partial charge in [0.15, 0.2) is 5.82 Å². The van der Waals surface area contributed by atoms with E-state index in [-0.39, 0.29) is 36.5 Å². The molecule has 2 aromatic carbocycles. The second-order valence-electron chi connectivity index (χ2n) is 7.66. The molecule has 0 radical (unpaired) electrons. The first-order chi connectivity index (χ1) is 14.5. The van der Waals surface area contributed by atoms with Crippen molar-refractivity contribution in [1.29, 1.82) is 0 Å². The molecule has 31 heavy (non-hydrogen) atoms. The minimum absolute atomic E-state index is 0.0357. The number of nitrogens with one attached hydrogen (secondary N) is 3. The largest absolute Gasteiger partial charge is 0.351 e. The molecule has 3 rings (SSSR count). The predicted molar refractivity (Wildman–Crippen MR) is 124 cm³/mol. The summed E-state index contributed by atoms with van der Waals surface area (Å²) in [5, 5.41) is 5.96. The van der Waals surface area contributed by atoms with Gasteiger partial charge in [-0.25, -0.2) is 13.2 Å². The molecule has 0 unspecified atom stereocenters. The van der Waals surface area contributed by atoms with Crippen LogP contribution in [0, 0.1) is 21.0 Å². The Morgan fingerprint density at radius 2 is 1.71 bits per heavy atom. The molecule has 170 valence electrons. The molecule has 0 saturated carbocycles. The maximum Gasteiger partial charge on any atom is 0.301 e. The van der Waals surface area contributed by atoms with E-state index in [1.807, 2.05) is 36.4 Å². The first kappa shape index (κ1) is 24.1. The summed E-state index contributed by atoms with van der Waals surface area (Å²) in [4.78, 5) is 0. The summed E-state index contributed by atoms with van der Waals surface area (Å²) in [6.45, 7) is 4.56. The van der Waals surface area contributed by atoms with Gasteiger partial charge in [0.2, 0.25) is 0 Å². The summed E-state index contributed by atoms with van der Waals surface area (Å²) in [6.07, 6.45) is 1.23. The van der Waals surface area contributed by atoms with Crippen molar-refractivity contribution in [3.63, 3.8) is 0 Å². The summed E-state index contributed by atoms with van der Waals surface area (Å²) < 4.78 is 72.4. The first-order valence-electron chi connectivity index (χ1n) is 9.80. The van der Waals surface area contributed by atoms with Crippen molar-refractivity contribution in [2.75, 3.05) is 23.1 Å². The highest BCUT2D eigenvalue weighted by Gasteiger charge is 2.30. The minimum atomic E-state index is -4.10. The second kappa shape index (κ2) is 9.92. The third kappa shape index (κ3) is 6.24. The van der Waals surface area contributed by atoms with Gasteiger partial charge in [-0.2, -0.15) is 12.7 Å². The lowest BCUT2D eigenvalue weighted by Crippen LogP contribution is -2.48. The zero-order chi connectivity index (χ0) is 22.8. The van der Waals surface area contributed by atoms with Gasteiger partial charge in [0.1, 0.15) is 17.3 Å². The quantitative estimate of drug-likeness (QED) is 0.428. The van der Waals surface area contributed by atoms with Crippen LogP contribution in [0.3, 0.4) is 0 Å². The number of benzene rings is 2. The van der Waals surface area contributed by atoms with E-state index in [1.165, 1.54) is 16.4 Å². The van der Waals surface area contributed by atoms with E-state index in [0.717, 1.165) is 6.07 Å². The van der Waals surface area contributed by atoms with Crippen molar-refractivity contribution in [2.24, 2.45) is 0 Å². The van der Waals surface area contributed by atoms with Gasteiger partial charge in [0, 0.05) is 34.8 Å². The molecule has 3 N–H and O–H groups in total. The molecule has 6 nitrogen and oxygen atoms in total. The molecule has 0 amide bonds. The van der Waals surface area contributed by atoms with Crippen molar-refractivity contribution in [1.82, 2.24) is 9.62 Å². The van der Waals surface area contributed by atoms with Crippen molar-refractivity contribution < 1.29 is 21.6 Å². The van der Waals surface area contributed by atoms with E-state index >= 15 is 0 Å². The van der Waals surface area contributed by atoms with Crippen molar-refractivity contribution in [2.45, 2.75) is 38.8 Å². The zero-order valence-corrected chi connectivity index (χ0v) is 20.0. The number of piperidine rings is 1. The van der Waals surface area contributed by atoms with Crippen LogP contribution >= 0.6 is 22.6 Å². The van der Waals surface area contributed by atoms with E-state index in [4.69, 9.17) is 0 Å². The summed E-state index contributed by atoms with van der Waals surface area (Å²) in [5.74, 6) is -2.66. The molecule has 11 heteroatoms. The number of hydrogen-bond donors (Lipinski definition) is 3. The maximum absolute atomic E-state index is 14.6. The fourth-order valence-electron chi connectivity index (χ4n) is 3.44. The average Bonchev–Trinajstić information content (AvgIpc) is 2.66. The smallest absolute Gasteiger partial charge is 0.301 e. The number of anilines is 3. The van der Waals surface area contributed by atoms with Crippen LogP contribution in [-0.4, -0.2) is 37.9 Å². The van der Waals surface area contributed by atoms with Crippen LogP contribution < -0.4 is 15.4 Å². The van der Waals surface area contributed by atoms with E-state index in [9.17, 15) is 21.6 Å². The van der Waals surface area contributed by atoms with E-state index < -0.39 is 33.3 Å². The standard InChI is InChI=1S/C20H24F3IN4O2S/c1-12(2)25-15-5-7-28(8-6-15)31(29,30)27-20-17(23)9-13(21)10-19(20)26-18-4-3-14(24)11-16(18)22/h3-4,9-12,15,25-27H,5-8H2,1-2H3. The lowest BCUT2D eigenvalue weighted by molar-refractivity contribution is 0.281. The Balaban J connectivity index is 1.82. The van der Waals surface area contributed by atoms with Gasteiger partial charge in [0.25, 0.3) is 0 Å². The Labute approximate surface area is 193 Å². The summed E-state index contributed by atoms with van der Waals surface area (Å²) >= 11 is 1.93. The van der Waals surface area contributed by atoms with Gasteiger partial charge in [-0.15, -0.1) is 0 Å². The van der Waals surface area contributed by atoms with Gasteiger partial charge >= 0.3 is 10.2 Å². The number of halogens is 4. The lowest BCUT2D eigenvalue weighted by Gasteiger charge is -2.33. The Morgan fingerprint density at radius 1 is 1.03 bits per heavy atom. The van der Waals surface area contributed by atoms with E-state index in [1.54, 1.807) is 6.07 Å². The highest BCUT2D eigenvalue weighted by Crippen LogP contribution is 2.32. The number of nitrogens with zero attached hydrogens (tertiary/aromatic N) is 1. The van der Waals surface area contributed by atoms with E-state index in [2.05, 4.69) is 15.4 Å². The second-order valence-corrected chi connectivity index (χ2v) is 10.6. The zero-order valence-electron chi connectivity index (χ0n) is 17.1. The van der Waals surface area contributed by atoms with Gasteiger partial charge < -0.3 is 10.6 Å². The normalized spacial score (nSPS) is 16.0. The van der Waals surface area contributed by atoms with Crippen LogP contribution in [0.4, 0.5) is 30.2 Å². The molecule has 1 fully saturated rings. The van der Waals surface area contributed by atoms with Crippen LogP contribution in [0.5, 0.6) is 0 Å². The Morgan fingerprint density at radius 3 is 2.32 bits per heavy atom. The fraction of sp³-hybridized carbons (Fsp3) is 0.400. The summed E-state index contributed by atoms with van der Waals surface area (Å²) in [7, 11) is -4.10. The molecule has 0 aromatic heterocycles. The third-order valence-corrected chi connectivity index (χ3v) is 7.03. The van der Waals surface area contributed by atoms with Gasteiger partial charge in [-0.05, 0) is 59.7 Å². The van der Waals surface area contributed by atoms with Gasteiger partial charge in [0.05, 0.1) is 11.4 Å². The molecule has 0 aliphatic carbocycles. The number of hydrogen-bond acceptors (Lipinski definition) is 4. The van der Waals surface area contributed by atoms with Gasteiger partial charge in [-0.3, -0.25) is 4.72 Å². The lowest BCUT2D eigenvalue weighted by atomic mass is 10.1. The first-order valence-corrected chi connectivity index (χ1v) is 12.3. The molecule has 1 heterocycles. The van der Waals surface area contributed by atoms with E-state index in [0.29, 0.717) is 22.5 Å². The Kier molecular flexibility index (Phi) is 7.71. The molecule has 1 aliphatic rings. The SMILES string of the molecule is CC(C)NC1CCN(S(=O)(=O)Nc2c(F)cc(F)cc2Nc2ccc(I)cc2F)CC1. The molecule has 1 saturated heterocycles. The number of rotatable bonds is 7. The van der Waals surface area contributed by atoms with Crippen molar-refractivity contribution in [3.8, 4) is 0 Å². The van der Waals surface area contributed by atoms with Crippen LogP contribution in [0.25, 0.3) is 0 Å². The monoisotopic (exact) mass is 568 g/mol. The average molecular weight is 568 g/mol. The van der Waals surface area contributed by atoms with Crippen LogP contribution in [0.1, 0.15) is 26.7 Å². The molecule has 0 spiro atoms. The van der Waals surface area contributed by atoms with Gasteiger partial charge in [-0.1, -0.05) is 13.8 Å². The highest BCUT2D eigenvalue weighted by atomic mass is 127. The van der Waals surface area contributed by atoms with Crippen LogP contribution in [0.2, 0.25) is 0 Å².